The summed E-state index contributed by atoms with van der Waals surface area (Å²) in [5.74, 6) is -1.26. The van der Waals surface area contributed by atoms with Gasteiger partial charge in [0.2, 0.25) is 11.8 Å². The highest BCUT2D eigenvalue weighted by molar-refractivity contribution is 5.98. The lowest BCUT2D eigenvalue weighted by Crippen LogP contribution is -2.59. The van der Waals surface area contributed by atoms with Crippen molar-refractivity contribution in [1.29, 1.82) is 0 Å². The normalized spacial score (nSPS) is 19.6. The fourth-order valence-corrected chi connectivity index (χ4v) is 5.77. The number of nitrogens with one attached hydrogen (secondary N) is 4. The number of urea groups is 1. The number of aromatic nitrogens is 2. The molecule has 0 bridgehead atoms. The summed E-state index contributed by atoms with van der Waals surface area (Å²) in [6.45, 7) is 10.7. The number of carbonyl (C=O) groups is 5. The summed E-state index contributed by atoms with van der Waals surface area (Å²) in [6, 6.07) is 6.15. The number of benzene rings is 1. The van der Waals surface area contributed by atoms with E-state index in [0.717, 1.165) is 5.56 Å². The van der Waals surface area contributed by atoms with Crippen LogP contribution in [-0.2, 0) is 25.5 Å². The summed E-state index contributed by atoms with van der Waals surface area (Å²) in [6.07, 6.45) is 6.42. The third-order valence-corrected chi connectivity index (χ3v) is 8.59. The zero-order valence-corrected chi connectivity index (χ0v) is 28.5. The molecule has 0 saturated carbocycles. The zero-order chi connectivity index (χ0) is 34.8. The highest BCUT2D eigenvalue weighted by atomic mass is 16.6. The molecule has 48 heavy (non-hydrogen) atoms. The fourth-order valence-electron chi connectivity index (χ4n) is 5.77. The third-order valence-electron chi connectivity index (χ3n) is 8.59. The Hall–Kier alpha value is -4.39. The Labute approximate surface area is 282 Å². The van der Waals surface area contributed by atoms with E-state index in [1.165, 1.54) is 18.6 Å². The molecule has 1 aromatic heterocycles. The molecule has 13 nitrogen and oxygen atoms in total. The Balaban J connectivity index is 1.41. The summed E-state index contributed by atoms with van der Waals surface area (Å²) < 4.78 is 5.38. The first-order valence-corrected chi connectivity index (χ1v) is 16.8. The topological polar surface area (TPSA) is 175 Å². The standard InChI is InChI=1S/C35H49N7O6/c1-22(2)17-26(30(43)35(5)21-48-35)39-32(45)28(19-24-9-7-6-8-10-24)40-31(44)27(18-23(3)4)41-34(47)42-15-11-25(12-16-42)38-33(46)29-20-36-13-14-37-29/h6-10,13-14,20,22-23,25-28H,11-12,15-19,21H2,1-5H3,(H,38,46)(H,39,45)(H,40,44)(H,41,47). The van der Waals surface area contributed by atoms with Gasteiger partial charge in [0.1, 0.15) is 23.4 Å². The maximum Gasteiger partial charge on any atom is 0.318 e. The van der Waals surface area contributed by atoms with Crippen molar-refractivity contribution in [3.8, 4) is 0 Å². The van der Waals surface area contributed by atoms with E-state index in [4.69, 9.17) is 4.74 Å². The monoisotopic (exact) mass is 663 g/mol. The highest BCUT2D eigenvalue weighted by Gasteiger charge is 2.50. The van der Waals surface area contributed by atoms with Gasteiger partial charge in [-0.25, -0.2) is 9.78 Å². The molecule has 0 radical (unpaired) electrons. The van der Waals surface area contributed by atoms with Crippen LogP contribution in [-0.4, -0.2) is 93.9 Å². The van der Waals surface area contributed by atoms with Gasteiger partial charge in [-0.15, -0.1) is 0 Å². The van der Waals surface area contributed by atoms with Gasteiger partial charge in [0.25, 0.3) is 5.91 Å². The van der Waals surface area contributed by atoms with E-state index in [-0.39, 0.29) is 47.7 Å². The Morgan fingerprint density at radius 1 is 0.875 bits per heavy atom. The highest BCUT2D eigenvalue weighted by Crippen LogP contribution is 2.29. The van der Waals surface area contributed by atoms with Gasteiger partial charge >= 0.3 is 6.03 Å². The first-order chi connectivity index (χ1) is 22.8. The number of hydrogen-bond donors (Lipinski definition) is 4. The molecule has 4 rings (SSSR count). The molecular weight excluding hydrogens is 614 g/mol. The molecule has 1 aromatic carbocycles. The predicted octanol–water partition coefficient (Wildman–Crippen LogP) is 2.41. The van der Waals surface area contributed by atoms with Crippen molar-refractivity contribution >= 4 is 29.5 Å². The molecule has 3 heterocycles. The van der Waals surface area contributed by atoms with Gasteiger partial charge in [0.05, 0.1) is 18.8 Å². The largest absolute Gasteiger partial charge is 0.361 e. The van der Waals surface area contributed by atoms with Gasteiger partial charge < -0.3 is 30.9 Å². The van der Waals surface area contributed by atoms with E-state index in [1.807, 2.05) is 58.0 Å². The van der Waals surface area contributed by atoms with Gasteiger partial charge in [-0.3, -0.25) is 24.2 Å². The quantitative estimate of drug-likeness (QED) is 0.210. The lowest BCUT2D eigenvalue weighted by molar-refractivity contribution is -0.133. The van der Waals surface area contributed by atoms with Crippen LogP contribution < -0.4 is 21.3 Å². The molecule has 4 N–H and O–H groups in total. The fraction of sp³-hybridized carbons (Fsp3) is 0.571. The average Bonchev–Trinajstić information content (AvgIpc) is 3.82. The van der Waals surface area contributed by atoms with E-state index in [1.54, 1.807) is 11.8 Å². The van der Waals surface area contributed by atoms with Crippen LogP contribution in [0, 0.1) is 11.8 Å². The van der Waals surface area contributed by atoms with Crippen molar-refractivity contribution in [3.05, 3.63) is 60.2 Å². The van der Waals surface area contributed by atoms with E-state index < -0.39 is 35.5 Å². The second-order valence-electron chi connectivity index (χ2n) is 13.8. The summed E-state index contributed by atoms with van der Waals surface area (Å²) in [5, 5.41) is 11.6. The molecular formula is C35H49N7O6. The number of hydrogen-bond acceptors (Lipinski definition) is 8. The van der Waals surface area contributed by atoms with Gasteiger partial charge in [0.15, 0.2) is 5.78 Å². The second-order valence-corrected chi connectivity index (χ2v) is 13.8. The lowest BCUT2D eigenvalue weighted by atomic mass is 9.93. The van der Waals surface area contributed by atoms with Crippen molar-refractivity contribution < 1.29 is 28.7 Å². The Morgan fingerprint density at radius 2 is 1.48 bits per heavy atom. The van der Waals surface area contributed by atoms with Crippen LogP contribution in [0.1, 0.15) is 76.4 Å². The Morgan fingerprint density at radius 3 is 2.06 bits per heavy atom. The summed E-state index contributed by atoms with van der Waals surface area (Å²) >= 11 is 0. The average molecular weight is 664 g/mol. The van der Waals surface area contributed by atoms with Crippen LogP contribution in [0.5, 0.6) is 0 Å². The number of rotatable bonds is 15. The molecule has 2 aliphatic rings. The third kappa shape index (κ3) is 10.6. The Bertz CT molecular complexity index is 1410. The van der Waals surface area contributed by atoms with Gasteiger partial charge in [-0.1, -0.05) is 58.0 Å². The molecule has 5 amide bonds. The molecule has 2 aliphatic heterocycles. The number of amides is 5. The number of piperidine rings is 1. The summed E-state index contributed by atoms with van der Waals surface area (Å²) in [4.78, 5) is 76.3. The van der Waals surface area contributed by atoms with Crippen LogP contribution in [0.4, 0.5) is 4.79 Å². The number of Topliss-reactive ketones (excluding diaryl/α,β-unsaturated/α-hetero) is 1. The van der Waals surface area contributed by atoms with Crippen molar-refractivity contribution in [2.24, 2.45) is 11.8 Å². The van der Waals surface area contributed by atoms with Crippen molar-refractivity contribution in [2.45, 2.75) is 96.5 Å². The molecule has 2 aromatic rings. The predicted molar refractivity (Wildman–Crippen MR) is 179 cm³/mol. The lowest BCUT2D eigenvalue weighted by Gasteiger charge is -2.34. The minimum atomic E-state index is -0.990. The number of ether oxygens (including phenoxy) is 1. The van der Waals surface area contributed by atoms with Crippen LogP contribution in [0.15, 0.2) is 48.9 Å². The molecule has 13 heteroatoms. The minimum Gasteiger partial charge on any atom is -0.361 e. The van der Waals surface area contributed by atoms with E-state index >= 15 is 0 Å². The molecule has 2 fully saturated rings. The number of epoxide rings is 1. The second kappa shape index (κ2) is 16.6. The molecule has 2 saturated heterocycles. The molecule has 4 unspecified atom stereocenters. The Kier molecular flexibility index (Phi) is 12.6. The smallest absolute Gasteiger partial charge is 0.318 e. The number of carbonyl (C=O) groups excluding carboxylic acids is 5. The molecule has 260 valence electrons. The molecule has 4 atom stereocenters. The van der Waals surface area contributed by atoms with Crippen molar-refractivity contribution in [3.63, 3.8) is 0 Å². The molecule has 0 spiro atoms. The maximum absolute atomic E-state index is 13.8. The maximum atomic E-state index is 13.8. The van der Waals surface area contributed by atoms with Gasteiger partial charge in [0, 0.05) is 37.9 Å². The zero-order valence-electron chi connectivity index (χ0n) is 28.5. The van der Waals surface area contributed by atoms with E-state index in [9.17, 15) is 24.0 Å². The first-order valence-electron chi connectivity index (χ1n) is 16.8. The van der Waals surface area contributed by atoms with Crippen LogP contribution >= 0.6 is 0 Å². The van der Waals surface area contributed by atoms with Crippen LogP contribution in [0.25, 0.3) is 0 Å². The first kappa shape index (κ1) is 36.4. The minimum absolute atomic E-state index is 0.0665. The van der Waals surface area contributed by atoms with E-state index in [2.05, 4.69) is 31.2 Å². The van der Waals surface area contributed by atoms with Crippen molar-refractivity contribution in [2.75, 3.05) is 19.7 Å². The number of nitrogens with zero attached hydrogens (tertiary/aromatic N) is 3. The van der Waals surface area contributed by atoms with Crippen LogP contribution in [0.2, 0.25) is 0 Å². The summed E-state index contributed by atoms with van der Waals surface area (Å²) in [5.41, 5.74) is 0.155. The van der Waals surface area contributed by atoms with Gasteiger partial charge in [-0.05, 0) is 50.0 Å². The van der Waals surface area contributed by atoms with E-state index in [0.29, 0.717) is 45.4 Å². The number of ketones is 1. The molecule has 0 aliphatic carbocycles. The van der Waals surface area contributed by atoms with Crippen LogP contribution in [0.3, 0.4) is 0 Å². The van der Waals surface area contributed by atoms with Crippen molar-refractivity contribution in [1.82, 2.24) is 36.1 Å². The number of likely N-dealkylation sites (tertiary alicyclic amines) is 1. The summed E-state index contributed by atoms with van der Waals surface area (Å²) in [7, 11) is 0. The SMILES string of the molecule is CC(C)CC(NC(=O)N1CCC(NC(=O)c2cnccn2)CC1)C(=O)NC(Cc1ccccc1)C(=O)NC(CC(C)C)C(=O)C1(C)CO1. The van der Waals surface area contributed by atoms with Gasteiger partial charge in [-0.2, -0.15) is 0 Å².